The topological polar surface area (TPSA) is 38.3 Å². The van der Waals surface area contributed by atoms with E-state index in [1.54, 1.807) is 30.3 Å². The number of carbonyl (C=O) groups excluding carboxylic acids is 1. The fourth-order valence-electron chi connectivity index (χ4n) is 1.17. The summed E-state index contributed by atoms with van der Waals surface area (Å²) < 4.78 is 3.45. The van der Waals surface area contributed by atoms with Crippen LogP contribution in [0.15, 0.2) is 43.0 Å². The van der Waals surface area contributed by atoms with E-state index in [0.717, 1.165) is 0 Å². The standard InChI is InChI=1S/C12H12Cl3NO2/c1-2-8-18-11(12(13,14)15)16-10(17)9-6-4-3-5-7-9/h2-7,11H,1,8H2,(H,16,17). The van der Waals surface area contributed by atoms with Crippen LogP contribution in [0.2, 0.25) is 0 Å². The number of hydrogen-bond donors (Lipinski definition) is 1. The van der Waals surface area contributed by atoms with Crippen LogP contribution in [0.3, 0.4) is 0 Å². The van der Waals surface area contributed by atoms with Crippen LogP contribution in [0.4, 0.5) is 0 Å². The summed E-state index contributed by atoms with van der Waals surface area (Å²) >= 11 is 17.2. The molecule has 0 aliphatic carbocycles. The fraction of sp³-hybridized carbons (Fsp3) is 0.250. The van der Waals surface area contributed by atoms with E-state index in [4.69, 9.17) is 39.5 Å². The molecule has 18 heavy (non-hydrogen) atoms. The Morgan fingerprint density at radius 1 is 1.39 bits per heavy atom. The molecule has 0 bridgehead atoms. The lowest BCUT2D eigenvalue weighted by Gasteiger charge is -2.25. The van der Waals surface area contributed by atoms with E-state index in [0.29, 0.717) is 5.56 Å². The van der Waals surface area contributed by atoms with Crippen molar-refractivity contribution in [1.82, 2.24) is 5.32 Å². The van der Waals surface area contributed by atoms with Crippen molar-refractivity contribution in [3.05, 3.63) is 48.6 Å². The average Bonchev–Trinajstić information content (AvgIpc) is 2.34. The number of rotatable bonds is 5. The number of benzene rings is 1. The summed E-state index contributed by atoms with van der Waals surface area (Å²) in [7, 11) is 0. The van der Waals surface area contributed by atoms with E-state index >= 15 is 0 Å². The van der Waals surface area contributed by atoms with Gasteiger partial charge in [0.15, 0.2) is 6.23 Å². The Bertz CT molecular complexity index is 404. The van der Waals surface area contributed by atoms with Crippen LogP contribution in [0.5, 0.6) is 0 Å². The first-order valence-electron chi connectivity index (χ1n) is 5.10. The number of alkyl halides is 3. The molecule has 1 unspecified atom stereocenters. The first kappa shape index (κ1) is 15.3. The van der Waals surface area contributed by atoms with Crippen LogP contribution in [0.25, 0.3) is 0 Å². The second kappa shape index (κ2) is 7.00. The summed E-state index contributed by atoms with van der Waals surface area (Å²) in [6.45, 7) is 3.65. The molecule has 1 aromatic rings. The Balaban J connectivity index is 2.72. The molecule has 0 aliphatic heterocycles. The molecule has 0 fully saturated rings. The van der Waals surface area contributed by atoms with Crippen molar-refractivity contribution >= 4 is 40.7 Å². The molecule has 98 valence electrons. The predicted octanol–water partition coefficient (Wildman–Crippen LogP) is 3.32. The van der Waals surface area contributed by atoms with Crippen molar-refractivity contribution in [3.8, 4) is 0 Å². The van der Waals surface area contributed by atoms with Gasteiger partial charge in [0.05, 0.1) is 6.61 Å². The van der Waals surface area contributed by atoms with Gasteiger partial charge in [-0.2, -0.15) is 0 Å². The molecule has 0 aromatic heterocycles. The summed E-state index contributed by atoms with van der Waals surface area (Å²) in [6, 6.07) is 8.58. The van der Waals surface area contributed by atoms with Crippen LogP contribution in [-0.2, 0) is 4.74 Å². The van der Waals surface area contributed by atoms with Gasteiger partial charge in [-0.1, -0.05) is 59.1 Å². The van der Waals surface area contributed by atoms with Crippen molar-refractivity contribution in [3.63, 3.8) is 0 Å². The van der Waals surface area contributed by atoms with Crippen molar-refractivity contribution in [2.24, 2.45) is 0 Å². The fourth-order valence-corrected chi connectivity index (χ4v) is 1.53. The Labute approximate surface area is 121 Å². The third kappa shape index (κ3) is 4.86. The Morgan fingerprint density at radius 2 is 2.00 bits per heavy atom. The summed E-state index contributed by atoms with van der Waals surface area (Å²) in [6.07, 6.45) is 0.450. The van der Waals surface area contributed by atoms with Gasteiger partial charge in [0, 0.05) is 5.56 Å². The van der Waals surface area contributed by atoms with E-state index < -0.39 is 10.0 Å². The first-order valence-corrected chi connectivity index (χ1v) is 6.23. The highest BCUT2D eigenvalue weighted by molar-refractivity contribution is 6.68. The molecule has 0 heterocycles. The number of hydrogen-bond acceptors (Lipinski definition) is 2. The summed E-state index contributed by atoms with van der Waals surface area (Å²) in [5.74, 6) is -0.379. The maximum Gasteiger partial charge on any atom is 0.253 e. The predicted molar refractivity (Wildman–Crippen MR) is 74.1 cm³/mol. The van der Waals surface area contributed by atoms with Gasteiger partial charge < -0.3 is 10.1 Å². The van der Waals surface area contributed by atoms with Crippen molar-refractivity contribution in [2.75, 3.05) is 6.61 Å². The zero-order valence-electron chi connectivity index (χ0n) is 9.41. The number of halogens is 3. The van der Waals surface area contributed by atoms with Gasteiger partial charge in [-0.15, -0.1) is 6.58 Å². The maximum absolute atomic E-state index is 11.9. The lowest BCUT2D eigenvalue weighted by molar-refractivity contribution is 0.0442. The third-order valence-corrected chi connectivity index (χ3v) is 2.57. The molecule has 0 spiro atoms. The van der Waals surface area contributed by atoms with Crippen LogP contribution >= 0.6 is 34.8 Å². The monoisotopic (exact) mass is 307 g/mol. The van der Waals surface area contributed by atoms with Gasteiger partial charge in [-0.05, 0) is 12.1 Å². The number of nitrogens with one attached hydrogen (secondary N) is 1. The number of carbonyl (C=O) groups is 1. The van der Waals surface area contributed by atoms with Gasteiger partial charge in [0.1, 0.15) is 0 Å². The van der Waals surface area contributed by atoms with Gasteiger partial charge >= 0.3 is 0 Å². The second-order valence-electron chi connectivity index (χ2n) is 3.38. The minimum atomic E-state index is -1.76. The molecule has 1 N–H and O–H groups in total. The first-order chi connectivity index (χ1) is 8.45. The quantitative estimate of drug-likeness (QED) is 0.515. The van der Waals surface area contributed by atoms with Crippen LogP contribution < -0.4 is 5.32 Å². The summed E-state index contributed by atoms with van der Waals surface area (Å²) in [5, 5.41) is 2.50. The van der Waals surface area contributed by atoms with Gasteiger partial charge in [0.25, 0.3) is 5.91 Å². The molecule has 1 aromatic carbocycles. The molecule has 0 aliphatic rings. The molecule has 1 amide bonds. The van der Waals surface area contributed by atoms with Gasteiger partial charge in [-0.25, -0.2) is 0 Å². The Morgan fingerprint density at radius 3 is 2.50 bits per heavy atom. The number of amides is 1. The van der Waals surface area contributed by atoms with E-state index in [-0.39, 0.29) is 12.5 Å². The van der Waals surface area contributed by atoms with Crippen LogP contribution in [-0.4, -0.2) is 22.5 Å². The molecule has 3 nitrogen and oxygen atoms in total. The highest BCUT2D eigenvalue weighted by Crippen LogP contribution is 2.31. The molecule has 0 saturated carbocycles. The average molecular weight is 309 g/mol. The minimum absolute atomic E-state index is 0.160. The molecule has 1 atom stereocenters. The van der Waals surface area contributed by atoms with Gasteiger partial charge in [-0.3, -0.25) is 4.79 Å². The minimum Gasteiger partial charge on any atom is -0.350 e. The molecule has 0 saturated heterocycles. The highest BCUT2D eigenvalue weighted by atomic mass is 35.6. The lowest BCUT2D eigenvalue weighted by atomic mass is 10.2. The normalized spacial score (nSPS) is 12.8. The Kier molecular flexibility index (Phi) is 5.96. The second-order valence-corrected chi connectivity index (χ2v) is 5.75. The zero-order valence-corrected chi connectivity index (χ0v) is 11.7. The highest BCUT2D eigenvalue weighted by Gasteiger charge is 2.34. The molecule has 6 heteroatoms. The van der Waals surface area contributed by atoms with E-state index in [1.807, 2.05) is 0 Å². The molecular formula is C12H12Cl3NO2. The molecular weight excluding hydrogens is 296 g/mol. The SMILES string of the molecule is C=CCOC(NC(=O)c1ccccc1)C(Cl)(Cl)Cl. The smallest absolute Gasteiger partial charge is 0.253 e. The van der Waals surface area contributed by atoms with Gasteiger partial charge in [0.2, 0.25) is 3.79 Å². The zero-order chi connectivity index (χ0) is 13.6. The van der Waals surface area contributed by atoms with E-state index in [1.165, 1.54) is 6.08 Å². The molecule has 1 rings (SSSR count). The third-order valence-electron chi connectivity index (χ3n) is 1.98. The lowest BCUT2D eigenvalue weighted by Crippen LogP contribution is -2.45. The molecule has 0 radical (unpaired) electrons. The Hall–Kier alpha value is -0.740. The van der Waals surface area contributed by atoms with E-state index in [9.17, 15) is 4.79 Å². The summed E-state index contributed by atoms with van der Waals surface area (Å²) in [4.78, 5) is 11.9. The van der Waals surface area contributed by atoms with E-state index in [2.05, 4.69) is 11.9 Å². The number of ether oxygens (including phenoxy) is 1. The van der Waals surface area contributed by atoms with Crippen molar-refractivity contribution < 1.29 is 9.53 Å². The maximum atomic E-state index is 11.9. The largest absolute Gasteiger partial charge is 0.350 e. The van der Waals surface area contributed by atoms with Crippen LogP contribution in [0, 0.1) is 0 Å². The van der Waals surface area contributed by atoms with Crippen molar-refractivity contribution in [1.29, 1.82) is 0 Å². The summed E-state index contributed by atoms with van der Waals surface area (Å²) in [5.41, 5.74) is 0.457. The van der Waals surface area contributed by atoms with Crippen molar-refractivity contribution in [2.45, 2.75) is 10.0 Å². The van der Waals surface area contributed by atoms with Crippen LogP contribution in [0.1, 0.15) is 10.4 Å².